The number of likely N-dealkylation sites (tertiary alicyclic amines) is 2. The van der Waals surface area contributed by atoms with Gasteiger partial charge in [0.2, 0.25) is 5.89 Å². The van der Waals surface area contributed by atoms with E-state index in [-0.39, 0.29) is 5.69 Å². The molecule has 1 spiro atoms. The van der Waals surface area contributed by atoms with E-state index in [2.05, 4.69) is 52.0 Å². The van der Waals surface area contributed by atoms with Gasteiger partial charge in [-0.3, -0.25) is 4.90 Å². The second-order valence-electron chi connectivity index (χ2n) is 8.53. The van der Waals surface area contributed by atoms with Crippen LogP contribution >= 0.6 is 0 Å². The van der Waals surface area contributed by atoms with Crippen LogP contribution < -0.4 is 0 Å². The molecule has 2 aliphatic rings. The molecule has 3 heterocycles. The van der Waals surface area contributed by atoms with Crippen molar-refractivity contribution in [2.75, 3.05) is 39.8 Å². The first-order valence-electron chi connectivity index (χ1n) is 10.6. The Morgan fingerprint density at radius 2 is 2.00 bits per heavy atom. The van der Waals surface area contributed by atoms with Crippen LogP contribution in [0.1, 0.15) is 54.0 Å². The first kappa shape index (κ1) is 20.1. The van der Waals surface area contributed by atoms with Crippen molar-refractivity contribution in [3.8, 4) is 0 Å². The third kappa shape index (κ3) is 4.54. The molecule has 29 heavy (non-hydrogen) atoms. The molecular formula is C23H31N3O3. The van der Waals surface area contributed by atoms with E-state index in [1.54, 1.807) is 0 Å². The number of piperidine rings is 2. The Morgan fingerprint density at radius 3 is 2.69 bits per heavy atom. The summed E-state index contributed by atoms with van der Waals surface area (Å²) in [5, 5.41) is 0. The molecule has 0 unspecified atom stereocenters. The minimum Gasteiger partial charge on any atom is -0.464 e. The molecule has 6 nitrogen and oxygen atoms in total. The number of aromatic nitrogens is 1. The van der Waals surface area contributed by atoms with Gasteiger partial charge in [-0.2, -0.15) is 0 Å². The Kier molecular flexibility index (Phi) is 6.01. The predicted octanol–water partition coefficient (Wildman–Crippen LogP) is 3.55. The van der Waals surface area contributed by atoms with Crippen molar-refractivity contribution in [3.63, 3.8) is 0 Å². The van der Waals surface area contributed by atoms with E-state index in [9.17, 15) is 4.79 Å². The monoisotopic (exact) mass is 397 g/mol. The van der Waals surface area contributed by atoms with Crippen LogP contribution in [0, 0.1) is 5.41 Å². The van der Waals surface area contributed by atoms with Gasteiger partial charge in [0.15, 0.2) is 5.69 Å². The van der Waals surface area contributed by atoms with Crippen molar-refractivity contribution >= 4 is 5.97 Å². The van der Waals surface area contributed by atoms with E-state index in [0.29, 0.717) is 23.8 Å². The van der Waals surface area contributed by atoms with Gasteiger partial charge in [-0.25, -0.2) is 9.78 Å². The van der Waals surface area contributed by atoms with Crippen LogP contribution in [0.15, 0.2) is 41.0 Å². The fourth-order valence-electron chi connectivity index (χ4n) is 5.01. The zero-order valence-electron chi connectivity index (χ0n) is 17.5. The maximum atomic E-state index is 11.6. The number of likely N-dealkylation sites (N-methyl/N-ethyl adjacent to an activating group) is 1. The highest BCUT2D eigenvalue weighted by atomic mass is 16.5. The topological polar surface area (TPSA) is 58.8 Å². The number of esters is 1. The zero-order valence-corrected chi connectivity index (χ0v) is 17.5. The van der Waals surface area contributed by atoms with E-state index in [4.69, 9.17) is 9.15 Å². The van der Waals surface area contributed by atoms with Crippen molar-refractivity contribution < 1.29 is 13.9 Å². The molecule has 0 radical (unpaired) electrons. The third-order valence-corrected chi connectivity index (χ3v) is 6.66. The summed E-state index contributed by atoms with van der Waals surface area (Å²) < 4.78 is 10.2. The summed E-state index contributed by atoms with van der Waals surface area (Å²) >= 11 is 0. The highest BCUT2D eigenvalue weighted by molar-refractivity contribution is 5.86. The molecule has 4 rings (SSSR count). The molecule has 0 N–H and O–H groups in total. The Hall–Kier alpha value is -2.18. The fourth-order valence-corrected chi connectivity index (χ4v) is 5.01. The van der Waals surface area contributed by atoms with E-state index in [1.807, 2.05) is 0 Å². The lowest BCUT2D eigenvalue weighted by atomic mass is 9.68. The minimum absolute atomic E-state index is 0.243. The van der Waals surface area contributed by atoms with Crippen LogP contribution in [0.2, 0.25) is 0 Å². The smallest absolute Gasteiger partial charge is 0.360 e. The molecule has 1 aromatic heterocycles. The molecule has 0 amide bonds. The molecule has 1 atom stereocenters. The van der Waals surface area contributed by atoms with Crippen molar-refractivity contribution in [2.24, 2.45) is 5.41 Å². The summed E-state index contributed by atoms with van der Waals surface area (Å²) in [6.45, 7) is 8.47. The second-order valence-corrected chi connectivity index (χ2v) is 8.53. The lowest BCUT2D eigenvalue weighted by Gasteiger charge is -2.50. The quantitative estimate of drug-likeness (QED) is 0.719. The van der Waals surface area contributed by atoms with E-state index in [1.165, 1.54) is 51.3 Å². The summed E-state index contributed by atoms with van der Waals surface area (Å²) in [4.78, 5) is 20.9. The van der Waals surface area contributed by atoms with Gasteiger partial charge >= 0.3 is 5.97 Å². The van der Waals surface area contributed by atoms with Gasteiger partial charge in [-0.1, -0.05) is 37.3 Å². The van der Waals surface area contributed by atoms with E-state index >= 15 is 0 Å². The number of rotatable bonds is 5. The number of methoxy groups -OCH3 is 1. The molecule has 6 heteroatoms. The third-order valence-electron chi connectivity index (χ3n) is 6.66. The lowest BCUT2D eigenvalue weighted by Crippen LogP contribution is -2.51. The highest BCUT2D eigenvalue weighted by Crippen LogP contribution is 2.45. The highest BCUT2D eigenvalue weighted by Gasteiger charge is 2.42. The van der Waals surface area contributed by atoms with E-state index < -0.39 is 5.97 Å². The molecular weight excluding hydrogens is 366 g/mol. The Labute approximate surface area is 172 Å². The van der Waals surface area contributed by atoms with Gasteiger partial charge < -0.3 is 14.1 Å². The summed E-state index contributed by atoms with van der Waals surface area (Å²) in [6, 6.07) is 11.0. The number of nitrogens with zero attached hydrogens (tertiary/aromatic N) is 3. The predicted molar refractivity (Wildman–Crippen MR) is 111 cm³/mol. The number of benzene rings is 1. The van der Waals surface area contributed by atoms with Crippen molar-refractivity contribution in [3.05, 3.63) is 53.7 Å². The van der Waals surface area contributed by atoms with Crippen molar-refractivity contribution in [1.82, 2.24) is 14.8 Å². The number of hydrogen-bond donors (Lipinski definition) is 0. The maximum Gasteiger partial charge on any atom is 0.360 e. The molecule has 0 saturated carbocycles. The summed E-state index contributed by atoms with van der Waals surface area (Å²) in [7, 11) is 1.35. The first-order chi connectivity index (χ1) is 14.1. The van der Waals surface area contributed by atoms with Gasteiger partial charge in [0.05, 0.1) is 13.7 Å². The number of ether oxygens (including phenoxy) is 1. The SMILES string of the molecule is CCN1C[C@H](c2ccccc2)CC2(CCN(Cc3nc(C(=O)OC)co3)CC2)C1. The van der Waals surface area contributed by atoms with Crippen LogP contribution in [-0.2, 0) is 11.3 Å². The molecule has 2 aliphatic heterocycles. The van der Waals surface area contributed by atoms with Gasteiger partial charge in [-0.05, 0) is 55.8 Å². The van der Waals surface area contributed by atoms with Crippen LogP contribution in [0.25, 0.3) is 0 Å². The number of carbonyl (C=O) groups excluding carboxylic acids is 1. The molecule has 156 valence electrons. The summed E-state index contributed by atoms with van der Waals surface area (Å²) in [5.41, 5.74) is 2.11. The maximum absolute atomic E-state index is 11.6. The number of carbonyl (C=O) groups is 1. The largest absolute Gasteiger partial charge is 0.464 e. The standard InChI is InChI=1S/C23H31N3O3/c1-3-25-14-19(18-7-5-4-6-8-18)13-23(17-25)9-11-26(12-10-23)15-21-24-20(16-29-21)22(27)28-2/h4-8,16,19H,3,9-15,17H2,1-2H3/t19-/m1/s1. The number of oxazole rings is 1. The average molecular weight is 398 g/mol. The summed E-state index contributed by atoms with van der Waals surface area (Å²) in [6.07, 6.45) is 5.04. The molecule has 2 aromatic rings. The number of hydrogen-bond acceptors (Lipinski definition) is 6. The summed E-state index contributed by atoms with van der Waals surface area (Å²) in [5.74, 6) is 0.750. The second kappa shape index (κ2) is 8.67. The van der Waals surface area contributed by atoms with Crippen LogP contribution in [0.3, 0.4) is 0 Å². The molecule has 2 fully saturated rings. The Morgan fingerprint density at radius 1 is 1.24 bits per heavy atom. The molecule has 0 bridgehead atoms. The first-order valence-corrected chi connectivity index (χ1v) is 10.6. The van der Waals surface area contributed by atoms with Crippen molar-refractivity contribution in [2.45, 2.75) is 38.6 Å². The van der Waals surface area contributed by atoms with Crippen LogP contribution in [-0.4, -0.2) is 60.6 Å². The van der Waals surface area contributed by atoms with Crippen LogP contribution in [0.4, 0.5) is 0 Å². The zero-order chi connectivity index (χ0) is 20.3. The molecule has 0 aliphatic carbocycles. The normalized spacial score (nSPS) is 22.6. The minimum atomic E-state index is -0.452. The van der Waals surface area contributed by atoms with E-state index in [0.717, 1.165) is 19.6 Å². The molecule has 1 aromatic carbocycles. The average Bonchev–Trinajstić information content (AvgIpc) is 3.24. The Balaban J connectivity index is 1.39. The Bertz CT molecular complexity index is 812. The molecule has 2 saturated heterocycles. The van der Waals surface area contributed by atoms with Gasteiger partial charge in [0.1, 0.15) is 6.26 Å². The fraction of sp³-hybridized carbons (Fsp3) is 0.565. The lowest BCUT2D eigenvalue weighted by molar-refractivity contribution is 0.0118. The van der Waals surface area contributed by atoms with Gasteiger partial charge in [0, 0.05) is 13.1 Å². The van der Waals surface area contributed by atoms with Gasteiger partial charge in [-0.15, -0.1) is 0 Å². The van der Waals surface area contributed by atoms with Gasteiger partial charge in [0.25, 0.3) is 0 Å². The van der Waals surface area contributed by atoms with Crippen molar-refractivity contribution in [1.29, 1.82) is 0 Å². The van der Waals surface area contributed by atoms with Crippen LogP contribution in [0.5, 0.6) is 0 Å².